The van der Waals surface area contributed by atoms with Crippen molar-refractivity contribution in [1.29, 1.82) is 0 Å². The number of fused-ring (bicyclic) bond motifs is 5. The molecule has 0 radical (unpaired) electrons. The molecule has 1 aliphatic heterocycles. The van der Waals surface area contributed by atoms with Crippen molar-refractivity contribution >= 4 is 5.91 Å². The lowest BCUT2D eigenvalue weighted by atomic mass is 9.55. The fourth-order valence-electron chi connectivity index (χ4n) is 9.58. The van der Waals surface area contributed by atoms with Crippen molar-refractivity contribution in [2.24, 2.45) is 17.3 Å². The summed E-state index contributed by atoms with van der Waals surface area (Å²) in [6.45, 7) is 2.85. The Morgan fingerprint density at radius 2 is 1.75 bits per heavy atom. The second kappa shape index (κ2) is 17.0. The van der Waals surface area contributed by atoms with Crippen LogP contribution < -0.4 is 19.5 Å². The topological polar surface area (TPSA) is 165 Å². The van der Waals surface area contributed by atoms with E-state index in [9.17, 15) is 33.3 Å². The summed E-state index contributed by atoms with van der Waals surface area (Å²) in [7, 11) is 0. The lowest BCUT2D eigenvalue weighted by Crippen LogP contribution is -2.56. The molecule has 0 bridgehead atoms. The van der Waals surface area contributed by atoms with Gasteiger partial charge in [0.1, 0.15) is 42.1 Å². The van der Waals surface area contributed by atoms with Crippen molar-refractivity contribution in [2.75, 3.05) is 26.4 Å². The third-order valence-electron chi connectivity index (χ3n) is 12.9. The van der Waals surface area contributed by atoms with Crippen LogP contribution in [0.3, 0.4) is 0 Å². The van der Waals surface area contributed by atoms with Gasteiger partial charge < -0.3 is 39.6 Å². The number of hydrogen-bond donors (Lipinski definition) is 4. The average molecular weight is 819 g/mol. The molecular formula is C44H49F3N4O8. The zero-order chi connectivity index (χ0) is 41.3. The number of rotatable bonds is 12. The largest absolute Gasteiger partial charge is 0.494 e. The van der Waals surface area contributed by atoms with Gasteiger partial charge >= 0.3 is 6.18 Å². The molecule has 9 atom stereocenters. The molecule has 15 heteroatoms. The summed E-state index contributed by atoms with van der Waals surface area (Å²) in [4.78, 5) is 16.2. The molecule has 2 saturated carbocycles. The molecule has 1 saturated heterocycles. The van der Waals surface area contributed by atoms with E-state index in [-0.39, 0.29) is 42.2 Å². The van der Waals surface area contributed by atoms with Crippen molar-refractivity contribution < 1.29 is 52.2 Å². The number of pyridine rings is 1. The summed E-state index contributed by atoms with van der Waals surface area (Å²) in [6, 6.07) is 19.8. The normalized spacial score (nSPS) is 28.8. The van der Waals surface area contributed by atoms with E-state index >= 15 is 0 Å². The molecule has 4 N–H and O–H groups in total. The Morgan fingerprint density at radius 1 is 0.932 bits per heavy atom. The van der Waals surface area contributed by atoms with Gasteiger partial charge in [0, 0.05) is 18.2 Å². The van der Waals surface area contributed by atoms with Crippen LogP contribution >= 0.6 is 0 Å². The zero-order valence-corrected chi connectivity index (χ0v) is 32.7. The van der Waals surface area contributed by atoms with Crippen LogP contribution in [0.15, 0.2) is 72.8 Å². The van der Waals surface area contributed by atoms with Crippen molar-refractivity contribution in [3.05, 3.63) is 95.3 Å². The number of aromatic nitrogens is 3. The minimum Gasteiger partial charge on any atom is -0.494 e. The van der Waals surface area contributed by atoms with Crippen LogP contribution in [0, 0.1) is 17.3 Å². The summed E-state index contributed by atoms with van der Waals surface area (Å²) < 4.78 is 61.9. The highest BCUT2D eigenvalue weighted by Gasteiger charge is 2.54. The third-order valence-corrected chi connectivity index (χ3v) is 12.9. The predicted octanol–water partition coefficient (Wildman–Crippen LogP) is 5.92. The van der Waals surface area contributed by atoms with E-state index < -0.39 is 36.3 Å². The molecule has 0 spiro atoms. The van der Waals surface area contributed by atoms with Crippen molar-refractivity contribution in [3.8, 4) is 28.6 Å². The minimum atomic E-state index is -4.66. The number of aliphatic hydroxyl groups is 3. The summed E-state index contributed by atoms with van der Waals surface area (Å²) in [6.07, 6.45) is -2.68. The van der Waals surface area contributed by atoms with Gasteiger partial charge in [-0.25, -0.2) is 4.98 Å². The summed E-state index contributed by atoms with van der Waals surface area (Å²) in [5, 5.41) is 43.1. The van der Waals surface area contributed by atoms with Gasteiger partial charge in [-0.05, 0) is 134 Å². The Morgan fingerprint density at radius 3 is 2.53 bits per heavy atom. The maximum Gasteiger partial charge on any atom is 0.433 e. The number of alkyl halides is 3. The molecule has 12 nitrogen and oxygen atoms in total. The van der Waals surface area contributed by atoms with Crippen LogP contribution in [0.4, 0.5) is 13.2 Å². The number of halogens is 3. The van der Waals surface area contributed by atoms with Crippen LogP contribution in [0.5, 0.6) is 17.4 Å². The van der Waals surface area contributed by atoms with Crippen molar-refractivity contribution in [2.45, 2.75) is 94.5 Å². The SMILES string of the molecule is C[C@]12CC[C@@H]3c4ccc(OCCCNC(=O)c5ccc(-c6ccc(OC[C@H]7OC[C@H](Oc8cccc(C(F)(F)F)n8)[C@@H](O)[C@H]7O)cc6)nn5)cc4CC[C@H]3[C@@H]1CC[C@@H]2O. The zero-order valence-electron chi connectivity index (χ0n) is 32.7. The molecule has 3 heterocycles. The van der Waals surface area contributed by atoms with Gasteiger partial charge in [0.15, 0.2) is 11.8 Å². The van der Waals surface area contributed by atoms with Gasteiger partial charge in [0.05, 0.1) is 25.0 Å². The number of benzene rings is 2. The molecule has 4 aromatic rings. The number of nitrogens with one attached hydrogen (secondary N) is 1. The maximum atomic E-state index is 13.0. The first-order valence-electron chi connectivity index (χ1n) is 20.3. The van der Waals surface area contributed by atoms with Crippen LogP contribution in [0.25, 0.3) is 11.3 Å². The first-order chi connectivity index (χ1) is 28.4. The number of aliphatic hydroxyl groups excluding tert-OH is 3. The van der Waals surface area contributed by atoms with E-state index in [4.69, 9.17) is 18.9 Å². The molecular weight excluding hydrogens is 769 g/mol. The van der Waals surface area contributed by atoms with Crippen molar-refractivity contribution in [3.63, 3.8) is 0 Å². The Hall–Kier alpha value is -4.83. The molecule has 0 unspecified atom stereocenters. The van der Waals surface area contributed by atoms with E-state index in [2.05, 4.69) is 45.6 Å². The number of ether oxygens (including phenoxy) is 4. The molecule has 1 amide bonds. The van der Waals surface area contributed by atoms with E-state index in [1.165, 1.54) is 23.6 Å². The van der Waals surface area contributed by atoms with E-state index in [0.717, 1.165) is 55.5 Å². The quantitative estimate of drug-likeness (QED) is 0.126. The lowest BCUT2D eigenvalue weighted by molar-refractivity contribution is -0.187. The van der Waals surface area contributed by atoms with Gasteiger partial charge in [-0.3, -0.25) is 4.79 Å². The number of carbonyl (C=O) groups is 1. The standard InChI is InChI=1S/C44H49F3N4O8/c1-43-19-18-30-29-13-11-28(22-26(29)8-12-31(30)32(43)14-17-38(43)52)56-21-3-20-48-42(55)34-16-15-33(50-51-34)25-6-9-27(10-7-25)57-23-35-40(53)41(54)36(24-58-35)59-39-5-2-4-37(49-39)44(45,46)47/h2,4-7,9-11,13,15-16,22,30-32,35-36,38,40-41,52-54H,3,8,12,14,17-21,23-24H2,1H3,(H,48,55)/t30-,31-,32+,35-,36+,38+,40+,41-,43+/m1/s1. The highest BCUT2D eigenvalue weighted by Crippen LogP contribution is 2.61. The average Bonchev–Trinajstić information content (AvgIpc) is 3.55. The number of hydrogen-bond acceptors (Lipinski definition) is 11. The second-order valence-electron chi connectivity index (χ2n) is 16.4. The molecule has 3 aliphatic carbocycles. The number of carbonyl (C=O) groups excluding carboxylic acids is 1. The summed E-state index contributed by atoms with van der Waals surface area (Å²) >= 11 is 0. The van der Waals surface area contributed by atoms with E-state index in [0.29, 0.717) is 48.8 Å². The second-order valence-corrected chi connectivity index (χ2v) is 16.4. The van der Waals surface area contributed by atoms with Gasteiger partial charge in [0.25, 0.3) is 5.91 Å². The number of amides is 1. The van der Waals surface area contributed by atoms with E-state index in [1.807, 2.05) is 0 Å². The smallest absolute Gasteiger partial charge is 0.433 e. The van der Waals surface area contributed by atoms with Gasteiger partial charge in [0.2, 0.25) is 5.88 Å². The monoisotopic (exact) mass is 818 g/mol. The maximum absolute atomic E-state index is 13.0. The predicted molar refractivity (Wildman–Crippen MR) is 208 cm³/mol. The number of aryl methyl sites for hydroxylation is 1. The first-order valence-corrected chi connectivity index (χ1v) is 20.3. The van der Waals surface area contributed by atoms with Crippen LogP contribution in [0.2, 0.25) is 0 Å². The molecule has 8 rings (SSSR count). The van der Waals surface area contributed by atoms with E-state index in [1.54, 1.807) is 36.4 Å². The van der Waals surface area contributed by atoms with Gasteiger partial charge in [-0.2, -0.15) is 13.2 Å². The molecule has 4 aliphatic rings. The molecule has 2 aromatic heterocycles. The number of nitrogens with zero attached hydrogens (tertiary/aromatic N) is 3. The molecule has 3 fully saturated rings. The fourth-order valence-corrected chi connectivity index (χ4v) is 9.58. The highest BCUT2D eigenvalue weighted by molar-refractivity contribution is 5.92. The van der Waals surface area contributed by atoms with Crippen LogP contribution in [0.1, 0.15) is 78.7 Å². The molecule has 59 heavy (non-hydrogen) atoms. The minimum absolute atomic E-state index is 0.0746. The Labute approximate surface area is 340 Å². The highest BCUT2D eigenvalue weighted by atomic mass is 19.4. The van der Waals surface area contributed by atoms with Crippen molar-refractivity contribution in [1.82, 2.24) is 20.5 Å². The van der Waals surface area contributed by atoms with Gasteiger partial charge in [-0.1, -0.05) is 19.1 Å². The van der Waals surface area contributed by atoms with Gasteiger partial charge in [-0.15, -0.1) is 10.2 Å². The molecule has 2 aromatic carbocycles. The first kappa shape index (κ1) is 40.9. The summed E-state index contributed by atoms with van der Waals surface area (Å²) in [5.41, 5.74) is 3.21. The Kier molecular flexibility index (Phi) is 11.8. The van der Waals surface area contributed by atoms with Crippen LogP contribution in [-0.4, -0.2) is 93.3 Å². The summed E-state index contributed by atoms with van der Waals surface area (Å²) in [5.74, 6) is 2.43. The Balaban J connectivity index is 0.749. The Bertz CT molecular complexity index is 2090. The van der Waals surface area contributed by atoms with Crippen LogP contribution in [-0.2, 0) is 17.3 Å². The fraction of sp³-hybridized carbons (Fsp3) is 0.500. The lowest BCUT2D eigenvalue weighted by Gasteiger charge is -2.50. The third kappa shape index (κ3) is 8.75. The molecule has 314 valence electrons.